The third-order valence-electron chi connectivity index (χ3n) is 2.25. The molecular formula is C11H19N3OS. The third-order valence-corrected chi connectivity index (χ3v) is 3.35. The van der Waals surface area contributed by atoms with E-state index in [-0.39, 0.29) is 11.4 Å². The van der Waals surface area contributed by atoms with Crippen molar-refractivity contribution in [3.8, 4) is 0 Å². The van der Waals surface area contributed by atoms with Gasteiger partial charge in [-0.2, -0.15) is 0 Å². The average molecular weight is 241 g/mol. The van der Waals surface area contributed by atoms with Crippen LogP contribution in [0.5, 0.6) is 0 Å². The van der Waals surface area contributed by atoms with Crippen molar-refractivity contribution in [2.45, 2.75) is 32.2 Å². The summed E-state index contributed by atoms with van der Waals surface area (Å²) < 4.78 is 0. The highest BCUT2D eigenvalue weighted by Crippen LogP contribution is 2.21. The van der Waals surface area contributed by atoms with E-state index in [4.69, 9.17) is 0 Å². The Kier molecular flexibility index (Phi) is 4.89. The Morgan fingerprint density at radius 3 is 2.88 bits per heavy atom. The van der Waals surface area contributed by atoms with Crippen molar-refractivity contribution in [2.75, 3.05) is 13.6 Å². The van der Waals surface area contributed by atoms with Gasteiger partial charge in [0.15, 0.2) is 0 Å². The fraction of sp³-hybridized carbons (Fsp3) is 0.636. The van der Waals surface area contributed by atoms with Crippen LogP contribution in [0.4, 0.5) is 0 Å². The second-order valence-corrected chi connectivity index (χ2v) is 5.11. The number of hydrogen-bond acceptors (Lipinski definition) is 4. The predicted octanol–water partition coefficient (Wildman–Crippen LogP) is 1.49. The molecule has 0 aliphatic rings. The first-order valence-corrected chi connectivity index (χ1v) is 6.30. The Labute approximate surface area is 100 Å². The van der Waals surface area contributed by atoms with Gasteiger partial charge in [0, 0.05) is 18.0 Å². The zero-order valence-corrected chi connectivity index (χ0v) is 10.9. The molecule has 0 aliphatic heterocycles. The standard InChI is InChI=1S/C11H19N3OS/c1-11(2,10-13-7-8-16-10)14-9(15)5-4-6-12-3/h7-8,12H,4-6H2,1-3H3,(H,14,15). The maximum Gasteiger partial charge on any atom is 0.220 e. The Balaban J connectivity index is 2.43. The van der Waals surface area contributed by atoms with Crippen molar-refractivity contribution in [1.29, 1.82) is 0 Å². The largest absolute Gasteiger partial charge is 0.345 e. The summed E-state index contributed by atoms with van der Waals surface area (Å²) in [7, 11) is 1.89. The van der Waals surface area contributed by atoms with Crippen molar-refractivity contribution >= 4 is 17.2 Å². The van der Waals surface area contributed by atoms with Crippen LogP contribution in [0.2, 0.25) is 0 Å². The number of carbonyl (C=O) groups excluding carboxylic acids is 1. The molecule has 0 saturated carbocycles. The van der Waals surface area contributed by atoms with Gasteiger partial charge >= 0.3 is 0 Å². The summed E-state index contributed by atoms with van der Waals surface area (Å²) in [5.41, 5.74) is -0.370. The molecule has 2 N–H and O–H groups in total. The second kappa shape index (κ2) is 5.96. The van der Waals surface area contributed by atoms with E-state index in [0.29, 0.717) is 6.42 Å². The van der Waals surface area contributed by atoms with E-state index in [1.165, 1.54) is 0 Å². The van der Waals surface area contributed by atoms with Crippen LogP contribution in [0.1, 0.15) is 31.7 Å². The average Bonchev–Trinajstić information content (AvgIpc) is 2.70. The molecule has 1 amide bonds. The van der Waals surface area contributed by atoms with Gasteiger partial charge in [-0.05, 0) is 33.9 Å². The van der Waals surface area contributed by atoms with Crippen LogP contribution < -0.4 is 10.6 Å². The van der Waals surface area contributed by atoms with Gasteiger partial charge in [-0.1, -0.05) is 0 Å². The van der Waals surface area contributed by atoms with Crippen LogP contribution in [0.15, 0.2) is 11.6 Å². The van der Waals surface area contributed by atoms with Crippen molar-refractivity contribution in [1.82, 2.24) is 15.6 Å². The van der Waals surface area contributed by atoms with Gasteiger partial charge in [0.1, 0.15) is 5.01 Å². The molecule has 16 heavy (non-hydrogen) atoms. The van der Waals surface area contributed by atoms with Crippen LogP contribution in [0, 0.1) is 0 Å². The van der Waals surface area contributed by atoms with Gasteiger partial charge in [0.25, 0.3) is 0 Å². The highest BCUT2D eigenvalue weighted by atomic mass is 32.1. The molecule has 0 bridgehead atoms. The number of hydrogen-bond donors (Lipinski definition) is 2. The molecule has 4 nitrogen and oxygen atoms in total. The number of carbonyl (C=O) groups is 1. The Morgan fingerprint density at radius 1 is 1.56 bits per heavy atom. The minimum absolute atomic E-state index is 0.0791. The van der Waals surface area contributed by atoms with Gasteiger partial charge in [-0.25, -0.2) is 4.98 Å². The molecule has 0 radical (unpaired) electrons. The van der Waals surface area contributed by atoms with E-state index >= 15 is 0 Å². The molecule has 0 aromatic carbocycles. The lowest BCUT2D eigenvalue weighted by molar-refractivity contribution is -0.122. The maximum atomic E-state index is 11.7. The van der Waals surface area contributed by atoms with Gasteiger partial charge in [-0.3, -0.25) is 4.79 Å². The number of rotatable bonds is 6. The molecule has 0 spiro atoms. The fourth-order valence-corrected chi connectivity index (χ4v) is 2.14. The molecule has 0 unspecified atom stereocenters. The molecule has 1 aromatic rings. The topological polar surface area (TPSA) is 54.0 Å². The zero-order chi connectivity index (χ0) is 12.0. The number of amides is 1. The van der Waals surface area contributed by atoms with E-state index in [0.717, 1.165) is 18.0 Å². The van der Waals surface area contributed by atoms with Crippen LogP contribution >= 0.6 is 11.3 Å². The van der Waals surface area contributed by atoms with E-state index in [9.17, 15) is 4.79 Å². The quantitative estimate of drug-likeness (QED) is 0.742. The molecule has 0 saturated heterocycles. The van der Waals surface area contributed by atoms with E-state index < -0.39 is 0 Å². The summed E-state index contributed by atoms with van der Waals surface area (Å²) in [5.74, 6) is 0.0791. The molecule has 90 valence electrons. The van der Waals surface area contributed by atoms with Crippen LogP contribution in [-0.4, -0.2) is 24.5 Å². The minimum Gasteiger partial charge on any atom is -0.345 e. The summed E-state index contributed by atoms with van der Waals surface area (Å²) >= 11 is 1.56. The lowest BCUT2D eigenvalue weighted by Crippen LogP contribution is -2.41. The summed E-state index contributed by atoms with van der Waals surface area (Å²) in [6, 6.07) is 0. The van der Waals surface area contributed by atoms with Crippen molar-refractivity contribution in [3.05, 3.63) is 16.6 Å². The van der Waals surface area contributed by atoms with E-state index in [2.05, 4.69) is 15.6 Å². The predicted molar refractivity (Wildman–Crippen MR) is 66.4 cm³/mol. The summed E-state index contributed by atoms with van der Waals surface area (Å²) in [6.07, 6.45) is 3.17. The molecule has 0 aliphatic carbocycles. The lowest BCUT2D eigenvalue weighted by Gasteiger charge is -2.23. The van der Waals surface area contributed by atoms with Crippen LogP contribution in [0.3, 0.4) is 0 Å². The SMILES string of the molecule is CNCCCC(=O)NC(C)(C)c1nccs1. The van der Waals surface area contributed by atoms with Crippen LogP contribution in [-0.2, 0) is 10.3 Å². The minimum atomic E-state index is -0.370. The third kappa shape index (κ3) is 3.90. The number of nitrogens with zero attached hydrogens (tertiary/aromatic N) is 1. The zero-order valence-electron chi connectivity index (χ0n) is 10.0. The fourth-order valence-electron chi connectivity index (χ4n) is 1.42. The van der Waals surface area contributed by atoms with Gasteiger partial charge in [0.05, 0.1) is 5.54 Å². The highest BCUT2D eigenvalue weighted by molar-refractivity contribution is 7.09. The van der Waals surface area contributed by atoms with Crippen molar-refractivity contribution in [3.63, 3.8) is 0 Å². The molecule has 1 rings (SSSR count). The highest BCUT2D eigenvalue weighted by Gasteiger charge is 2.24. The van der Waals surface area contributed by atoms with Gasteiger partial charge in [-0.15, -0.1) is 11.3 Å². The lowest BCUT2D eigenvalue weighted by atomic mass is 10.1. The Hall–Kier alpha value is -0.940. The maximum absolute atomic E-state index is 11.7. The number of thiazole rings is 1. The number of aromatic nitrogens is 1. The van der Waals surface area contributed by atoms with E-state index in [1.807, 2.05) is 26.3 Å². The van der Waals surface area contributed by atoms with Gasteiger partial charge in [0.2, 0.25) is 5.91 Å². The first-order valence-electron chi connectivity index (χ1n) is 5.42. The first-order chi connectivity index (χ1) is 7.56. The molecule has 5 heteroatoms. The van der Waals surface area contributed by atoms with Crippen LogP contribution in [0.25, 0.3) is 0 Å². The molecule has 0 fully saturated rings. The normalized spacial score (nSPS) is 11.4. The molecular weight excluding hydrogens is 222 g/mol. The Bertz CT molecular complexity index is 322. The smallest absolute Gasteiger partial charge is 0.220 e. The monoisotopic (exact) mass is 241 g/mol. The van der Waals surface area contributed by atoms with Gasteiger partial charge < -0.3 is 10.6 Å². The molecule has 1 aromatic heterocycles. The van der Waals surface area contributed by atoms with Crippen molar-refractivity contribution < 1.29 is 4.79 Å². The second-order valence-electron chi connectivity index (χ2n) is 4.22. The van der Waals surface area contributed by atoms with E-state index in [1.54, 1.807) is 17.5 Å². The summed E-state index contributed by atoms with van der Waals surface area (Å²) in [4.78, 5) is 15.9. The number of nitrogens with one attached hydrogen (secondary N) is 2. The molecule has 1 heterocycles. The van der Waals surface area contributed by atoms with Crippen molar-refractivity contribution in [2.24, 2.45) is 0 Å². The summed E-state index contributed by atoms with van der Waals surface area (Å²) in [6.45, 7) is 4.81. The molecule has 0 atom stereocenters. The Morgan fingerprint density at radius 2 is 2.31 bits per heavy atom. The first kappa shape index (κ1) is 13.1. The summed E-state index contributed by atoms with van der Waals surface area (Å²) in [5, 5.41) is 8.88.